The van der Waals surface area contributed by atoms with E-state index in [1.807, 2.05) is 6.07 Å². The van der Waals surface area contributed by atoms with Crippen LogP contribution in [0.1, 0.15) is 62.6 Å². The fourth-order valence-corrected chi connectivity index (χ4v) is 4.48. The summed E-state index contributed by atoms with van der Waals surface area (Å²) in [6.07, 6.45) is 7.23. The van der Waals surface area contributed by atoms with Crippen molar-refractivity contribution >= 4 is 5.91 Å². The number of nitroso groups, excluding NO2 is 2. The predicted molar refractivity (Wildman–Crippen MR) is 151 cm³/mol. The molecule has 2 rings (SSSR count). The van der Waals surface area contributed by atoms with E-state index < -0.39 is 17.5 Å². The standard InChI is InChI=1S/C25H34N12O3/c1-4-24(5-2,6-3)22-9-7-8-19(32-22)23(38)33-20-12-17(18(26)13-21(20)34-39)14-29-11-10-25(35-40,15-30-36-27)16-31-37-28/h7-9,12-14,18,29H,4-6,10-11,15-16,26H2,1-3H3,(H,33,38)/b17-14-. The van der Waals surface area contributed by atoms with Gasteiger partial charge in [-0.2, -0.15) is 4.91 Å². The highest BCUT2D eigenvalue weighted by Gasteiger charge is 2.31. The number of nitrogens with one attached hydrogen (secondary N) is 2. The third-order valence-corrected chi connectivity index (χ3v) is 7.26. The van der Waals surface area contributed by atoms with Gasteiger partial charge in [0.05, 0.1) is 24.8 Å². The first-order valence-electron chi connectivity index (χ1n) is 12.9. The van der Waals surface area contributed by atoms with Crippen LogP contribution in [0.25, 0.3) is 20.9 Å². The Morgan fingerprint density at radius 2 is 1.77 bits per heavy atom. The van der Waals surface area contributed by atoms with E-state index in [-0.39, 0.29) is 48.6 Å². The first kappa shape index (κ1) is 31.6. The zero-order valence-electron chi connectivity index (χ0n) is 22.8. The summed E-state index contributed by atoms with van der Waals surface area (Å²) < 4.78 is 0. The fourth-order valence-electron chi connectivity index (χ4n) is 4.48. The van der Waals surface area contributed by atoms with Crippen molar-refractivity contribution in [1.29, 1.82) is 0 Å². The number of hydrogen-bond donors (Lipinski definition) is 3. The molecule has 15 nitrogen and oxygen atoms in total. The van der Waals surface area contributed by atoms with Crippen LogP contribution in [0.3, 0.4) is 0 Å². The van der Waals surface area contributed by atoms with E-state index in [1.165, 1.54) is 12.2 Å². The van der Waals surface area contributed by atoms with Crippen molar-refractivity contribution in [2.75, 3.05) is 19.6 Å². The van der Waals surface area contributed by atoms with E-state index in [0.717, 1.165) is 25.0 Å². The van der Waals surface area contributed by atoms with Gasteiger partial charge in [0.15, 0.2) is 0 Å². The molecule has 212 valence electrons. The average molecular weight is 551 g/mol. The number of azide groups is 2. The molecule has 0 saturated carbocycles. The Labute approximate surface area is 231 Å². The van der Waals surface area contributed by atoms with Crippen LogP contribution in [0, 0.1) is 9.81 Å². The van der Waals surface area contributed by atoms with Gasteiger partial charge in [0.1, 0.15) is 16.9 Å². The lowest BCUT2D eigenvalue weighted by Crippen LogP contribution is -2.36. The lowest BCUT2D eigenvalue weighted by atomic mass is 9.76. The van der Waals surface area contributed by atoms with Crippen LogP contribution in [-0.2, 0) is 5.41 Å². The van der Waals surface area contributed by atoms with E-state index in [0.29, 0.717) is 5.57 Å². The second-order valence-electron chi connectivity index (χ2n) is 9.37. The maximum atomic E-state index is 13.1. The maximum absolute atomic E-state index is 13.1. The normalized spacial score (nSPS) is 17.3. The summed E-state index contributed by atoms with van der Waals surface area (Å²) in [7, 11) is 0. The Balaban J connectivity index is 2.23. The lowest BCUT2D eigenvalue weighted by molar-refractivity contribution is 0.0961. The largest absolute Gasteiger partial charge is 0.391 e. The number of rotatable bonds is 16. The van der Waals surface area contributed by atoms with E-state index in [2.05, 4.69) is 66.8 Å². The molecular weight excluding hydrogens is 516 g/mol. The molecule has 0 aromatic carbocycles. The molecule has 4 N–H and O–H groups in total. The number of amides is 1. The van der Waals surface area contributed by atoms with Gasteiger partial charge in [-0.15, -0.1) is 4.91 Å². The molecule has 1 aromatic heterocycles. The molecule has 1 aromatic rings. The quantitative estimate of drug-likeness (QED) is 0.0826. The minimum absolute atomic E-state index is 0.0212. The third kappa shape index (κ3) is 7.73. The van der Waals surface area contributed by atoms with Gasteiger partial charge in [-0.25, -0.2) is 4.98 Å². The van der Waals surface area contributed by atoms with Crippen LogP contribution in [0.2, 0.25) is 0 Å². The summed E-state index contributed by atoms with van der Waals surface area (Å²) in [4.78, 5) is 46.0. The molecule has 0 fully saturated rings. The summed E-state index contributed by atoms with van der Waals surface area (Å²) >= 11 is 0. The van der Waals surface area contributed by atoms with Gasteiger partial charge < -0.3 is 16.4 Å². The van der Waals surface area contributed by atoms with Crippen LogP contribution in [-0.4, -0.2) is 42.1 Å². The molecule has 0 saturated heterocycles. The van der Waals surface area contributed by atoms with Crippen LogP contribution in [0.4, 0.5) is 0 Å². The monoisotopic (exact) mass is 550 g/mol. The number of carbonyl (C=O) groups is 1. The molecule has 15 heteroatoms. The van der Waals surface area contributed by atoms with Crippen LogP contribution in [0.5, 0.6) is 0 Å². The number of nitrogens with zero attached hydrogens (tertiary/aromatic N) is 9. The highest BCUT2D eigenvalue weighted by molar-refractivity contribution is 5.94. The van der Waals surface area contributed by atoms with Gasteiger partial charge >= 0.3 is 0 Å². The number of carbonyl (C=O) groups excluding carboxylic acids is 1. The van der Waals surface area contributed by atoms with Gasteiger partial charge in [0, 0.05) is 33.7 Å². The zero-order chi connectivity index (χ0) is 29.6. The molecule has 0 aliphatic heterocycles. The Morgan fingerprint density at radius 3 is 2.33 bits per heavy atom. The molecule has 0 radical (unpaired) electrons. The Morgan fingerprint density at radius 1 is 1.12 bits per heavy atom. The van der Waals surface area contributed by atoms with Gasteiger partial charge in [-0.1, -0.05) is 42.2 Å². The minimum Gasteiger partial charge on any atom is -0.391 e. The molecule has 0 spiro atoms. The van der Waals surface area contributed by atoms with Crippen molar-refractivity contribution in [1.82, 2.24) is 15.6 Å². The Hall–Kier alpha value is -4.58. The molecule has 1 atom stereocenters. The van der Waals surface area contributed by atoms with Gasteiger partial charge in [-0.05, 0) is 71.8 Å². The van der Waals surface area contributed by atoms with E-state index in [1.54, 1.807) is 18.3 Å². The summed E-state index contributed by atoms with van der Waals surface area (Å²) in [5.74, 6) is -0.499. The van der Waals surface area contributed by atoms with Crippen molar-refractivity contribution in [3.8, 4) is 0 Å². The van der Waals surface area contributed by atoms with Crippen molar-refractivity contribution in [2.24, 2.45) is 26.3 Å². The average Bonchev–Trinajstić information content (AvgIpc) is 2.99. The van der Waals surface area contributed by atoms with E-state index in [9.17, 15) is 14.6 Å². The number of aromatic nitrogens is 1. The second-order valence-corrected chi connectivity index (χ2v) is 9.37. The number of nitrogens with two attached hydrogens (primary N) is 1. The predicted octanol–water partition coefficient (Wildman–Crippen LogP) is 5.14. The molecule has 1 unspecified atom stereocenters. The van der Waals surface area contributed by atoms with Gasteiger partial charge in [0.25, 0.3) is 5.91 Å². The smallest absolute Gasteiger partial charge is 0.274 e. The van der Waals surface area contributed by atoms with Gasteiger partial charge in [-0.3, -0.25) is 4.79 Å². The summed E-state index contributed by atoms with van der Waals surface area (Å²) in [5, 5.41) is 18.6. The Bertz CT molecular complexity index is 1240. The van der Waals surface area contributed by atoms with Crippen LogP contribution >= 0.6 is 0 Å². The van der Waals surface area contributed by atoms with Crippen molar-refractivity contribution in [3.63, 3.8) is 0 Å². The highest BCUT2D eigenvalue weighted by atomic mass is 16.3. The topological polar surface area (TPSA) is 236 Å². The first-order valence-corrected chi connectivity index (χ1v) is 12.9. The Kier molecular flexibility index (Phi) is 12.0. The molecule has 1 aliphatic rings. The van der Waals surface area contributed by atoms with E-state index in [4.69, 9.17) is 16.8 Å². The van der Waals surface area contributed by atoms with E-state index >= 15 is 0 Å². The maximum Gasteiger partial charge on any atom is 0.274 e. The molecule has 1 heterocycles. The minimum atomic E-state index is -1.41. The SMILES string of the molecule is CCC(CC)(CC)c1cccc(C(=O)NC2=C/C(=C/NCCC(CN=[N+]=[N-])(CN=[N+]=[N-])N=O)C(N)C=C2N=O)n1. The zero-order valence-corrected chi connectivity index (χ0v) is 22.8. The highest BCUT2D eigenvalue weighted by Crippen LogP contribution is 2.33. The molecule has 1 amide bonds. The second kappa shape index (κ2) is 15.1. The number of hydrogen-bond acceptors (Lipinski definition) is 10. The summed E-state index contributed by atoms with van der Waals surface area (Å²) in [6.45, 7) is 5.93. The molecular formula is C25H34N12O3. The third-order valence-electron chi connectivity index (χ3n) is 7.26. The fraction of sp³-hybridized carbons (Fsp3) is 0.520. The molecule has 40 heavy (non-hydrogen) atoms. The molecule has 0 bridgehead atoms. The van der Waals surface area contributed by atoms with Crippen LogP contribution in [0.15, 0.2) is 74.1 Å². The van der Waals surface area contributed by atoms with Crippen molar-refractivity contribution in [3.05, 3.63) is 95.6 Å². The van der Waals surface area contributed by atoms with Crippen LogP contribution < -0.4 is 16.4 Å². The summed E-state index contributed by atoms with van der Waals surface area (Å²) in [5.41, 5.74) is 23.5. The molecule has 1 aliphatic carbocycles. The van der Waals surface area contributed by atoms with Crippen molar-refractivity contribution in [2.45, 2.75) is 63.5 Å². The van der Waals surface area contributed by atoms with Crippen molar-refractivity contribution < 1.29 is 4.79 Å². The lowest BCUT2D eigenvalue weighted by Gasteiger charge is -2.30. The number of pyridine rings is 1. The summed E-state index contributed by atoms with van der Waals surface area (Å²) in [6, 6.07) is 4.61. The first-order chi connectivity index (χ1) is 19.3. The van der Waals surface area contributed by atoms with Gasteiger partial charge in [0.2, 0.25) is 0 Å².